The van der Waals surface area contributed by atoms with Crippen LogP contribution in [0.1, 0.15) is 38.3 Å². The molecule has 0 radical (unpaired) electrons. The van der Waals surface area contributed by atoms with Crippen molar-refractivity contribution in [3.63, 3.8) is 0 Å². The third-order valence-electron chi connectivity index (χ3n) is 3.76. The van der Waals surface area contributed by atoms with E-state index in [2.05, 4.69) is 0 Å². The zero-order valence-corrected chi connectivity index (χ0v) is 11.8. The van der Waals surface area contributed by atoms with Crippen LogP contribution in [0.5, 0.6) is 0 Å². The van der Waals surface area contributed by atoms with Gasteiger partial charge < -0.3 is 10.6 Å². The van der Waals surface area contributed by atoms with Gasteiger partial charge in [0.05, 0.1) is 5.56 Å². The van der Waals surface area contributed by atoms with Crippen molar-refractivity contribution in [1.82, 2.24) is 0 Å². The molecule has 19 heavy (non-hydrogen) atoms. The van der Waals surface area contributed by atoms with Crippen LogP contribution in [-0.2, 0) is 12.7 Å². The van der Waals surface area contributed by atoms with Crippen LogP contribution in [0.3, 0.4) is 0 Å². The fourth-order valence-electron chi connectivity index (χ4n) is 1.82. The number of anilines is 1. The van der Waals surface area contributed by atoms with Gasteiger partial charge in [0.15, 0.2) is 0 Å². The summed E-state index contributed by atoms with van der Waals surface area (Å²) in [6.07, 6.45) is -3.45. The number of nitrogens with two attached hydrogens (primary N) is 1. The number of nitrogens with zero attached hydrogens (tertiary/aromatic N) is 1. The molecular weight excluding hydrogens is 253 g/mol. The Morgan fingerprint density at radius 3 is 2.21 bits per heavy atom. The highest BCUT2D eigenvalue weighted by Gasteiger charge is 2.32. The molecule has 0 saturated heterocycles. The number of hydrogen-bond donors (Lipinski definition) is 1. The second kappa shape index (κ2) is 5.41. The average Bonchev–Trinajstić information content (AvgIpc) is 2.35. The van der Waals surface area contributed by atoms with Gasteiger partial charge in [-0.25, -0.2) is 0 Å². The molecule has 0 heterocycles. The Balaban J connectivity index is 3.24. The van der Waals surface area contributed by atoms with Crippen molar-refractivity contribution >= 4 is 5.69 Å². The summed E-state index contributed by atoms with van der Waals surface area (Å²) < 4.78 is 38.0. The minimum absolute atomic E-state index is 0.0867. The molecule has 0 atom stereocenters. The Labute approximate surface area is 112 Å². The maximum absolute atomic E-state index is 12.7. The third kappa shape index (κ3) is 3.41. The summed E-state index contributed by atoms with van der Waals surface area (Å²) >= 11 is 0. The molecule has 1 rings (SSSR count). The summed E-state index contributed by atoms with van der Waals surface area (Å²) in [7, 11) is 1.88. The zero-order valence-electron chi connectivity index (χ0n) is 11.8. The SMILES string of the molecule is CCC(C)(C)N(C)c1ccc(C(F)(F)F)cc1CN. The Morgan fingerprint density at radius 1 is 1.21 bits per heavy atom. The van der Waals surface area contributed by atoms with Crippen LogP contribution in [0, 0.1) is 0 Å². The van der Waals surface area contributed by atoms with E-state index in [4.69, 9.17) is 5.73 Å². The van der Waals surface area contributed by atoms with Gasteiger partial charge in [-0.15, -0.1) is 0 Å². The standard InChI is InChI=1S/C14H21F3N2/c1-5-13(2,3)19(4)12-7-6-11(14(15,16)17)8-10(12)9-18/h6-8H,5,9,18H2,1-4H3. The first-order chi connectivity index (χ1) is 8.63. The predicted octanol–water partition coefficient (Wildman–Crippen LogP) is 3.79. The second-order valence-electron chi connectivity index (χ2n) is 5.27. The van der Waals surface area contributed by atoms with E-state index in [1.54, 1.807) is 0 Å². The van der Waals surface area contributed by atoms with Crippen molar-refractivity contribution in [2.45, 2.75) is 45.5 Å². The molecule has 0 unspecified atom stereocenters. The molecule has 2 N–H and O–H groups in total. The van der Waals surface area contributed by atoms with E-state index in [1.807, 2.05) is 32.7 Å². The summed E-state index contributed by atoms with van der Waals surface area (Å²) in [6.45, 7) is 6.22. The minimum atomic E-state index is -4.33. The number of hydrogen-bond acceptors (Lipinski definition) is 2. The van der Waals surface area contributed by atoms with Gasteiger partial charge in [0.1, 0.15) is 0 Å². The van der Waals surface area contributed by atoms with Crippen LogP contribution >= 0.6 is 0 Å². The summed E-state index contributed by atoms with van der Waals surface area (Å²) in [5, 5.41) is 0. The van der Waals surface area contributed by atoms with E-state index in [-0.39, 0.29) is 12.1 Å². The summed E-state index contributed by atoms with van der Waals surface area (Å²) in [5.74, 6) is 0. The smallest absolute Gasteiger partial charge is 0.369 e. The van der Waals surface area contributed by atoms with E-state index in [0.29, 0.717) is 5.56 Å². The van der Waals surface area contributed by atoms with Crippen LogP contribution in [0.4, 0.5) is 18.9 Å². The summed E-state index contributed by atoms with van der Waals surface area (Å²) in [6, 6.07) is 3.75. The lowest BCUT2D eigenvalue weighted by atomic mass is 9.97. The van der Waals surface area contributed by atoms with Crippen molar-refractivity contribution in [2.24, 2.45) is 5.73 Å². The maximum atomic E-state index is 12.7. The molecule has 0 fully saturated rings. The molecule has 108 valence electrons. The number of benzene rings is 1. The van der Waals surface area contributed by atoms with Crippen molar-refractivity contribution in [3.8, 4) is 0 Å². The van der Waals surface area contributed by atoms with Gasteiger partial charge in [-0.2, -0.15) is 13.2 Å². The quantitative estimate of drug-likeness (QED) is 0.905. The molecule has 0 aromatic heterocycles. The van der Waals surface area contributed by atoms with Crippen molar-refractivity contribution in [2.75, 3.05) is 11.9 Å². The molecule has 1 aromatic carbocycles. The van der Waals surface area contributed by atoms with E-state index >= 15 is 0 Å². The first kappa shape index (κ1) is 15.8. The first-order valence-electron chi connectivity index (χ1n) is 6.27. The van der Waals surface area contributed by atoms with Gasteiger partial charge in [0.2, 0.25) is 0 Å². The zero-order chi connectivity index (χ0) is 14.8. The normalized spacial score (nSPS) is 12.6. The number of halogens is 3. The molecule has 0 saturated carbocycles. The van der Waals surface area contributed by atoms with Crippen molar-refractivity contribution < 1.29 is 13.2 Å². The number of alkyl halides is 3. The molecule has 0 aliphatic heterocycles. The van der Waals surface area contributed by atoms with E-state index < -0.39 is 11.7 Å². The van der Waals surface area contributed by atoms with Gasteiger partial charge in [-0.1, -0.05) is 6.92 Å². The van der Waals surface area contributed by atoms with Gasteiger partial charge in [-0.05, 0) is 44.0 Å². The maximum Gasteiger partial charge on any atom is 0.416 e. The van der Waals surface area contributed by atoms with E-state index in [0.717, 1.165) is 24.2 Å². The Kier molecular flexibility index (Phi) is 4.50. The van der Waals surface area contributed by atoms with Crippen LogP contribution in [0.15, 0.2) is 18.2 Å². The Bertz CT molecular complexity index is 439. The Morgan fingerprint density at radius 2 is 1.79 bits per heavy atom. The van der Waals surface area contributed by atoms with E-state index in [1.165, 1.54) is 6.07 Å². The molecule has 5 heteroatoms. The van der Waals surface area contributed by atoms with Crippen LogP contribution < -0.4 is 10.6 Å². The highest BCUT2D eigenvalue weighted by molar-refractivity contribution is 5.56. The summed E-state index contributed by atoms with van der Waals surface area (Å²) in [4.78, 5) is 1.98. The monoisotopic (exact) mass is 274 g/mol. The predicted molar refractivity (Wildman–Crippen MR) is 72.1 cm³/mol. The van der Waals surface area contributed by atoms with E-state index in [9.17, 15) is 13.2 Å². The first-order valence-corrected chi connectivity index (χ1v) is 6.27. The van der Waals surface area contributed by atoms with Gasteiger partial charge >= 0.3 is 6.18 Å². The minimum Gasteiger partial charge on any atom is -0.369 e. The highest BCUT2D eigenvalue weighted by Crippen LogP contribution is 2.34. The summed E-state index contributed by atoms with van der Waals surface area (Å²) in [5.41, 5.74) is 6.07. The lowest BCUT2D eigenvalue weighted by molar-refractivity contribution is -0.137. The number of rotatable bonds is 4. The Hall–Kier alpha value is -1.23. The van der Waals surface area contributed by atoms with Gasteiger partial charge in [0.25, 0.3) is 0 Å². The fourth-order valence-corrected chi connectivity index (χ4v) is 1.82. The fraction of sp³-hybridized carbons (Fsp3) is 0.571. The molecule has 1 aromatic rings. The molecule has 0 amide bonds. The van der Waals surface area contributed by atoms with Crippen molar-refractivity contribution in [1.29, 1.82) is 0 Å². The molecule has 0 spiro atoms. The molecule has 0 aliphatic carbocycles. The third-order valence-corrected chi connectivity index (χ3v) is 3.76. The van der Waals surface area contributed by atoms with Crippen molar-refractivity contribution in [3.05, 3.63) is 29.3 Å². The van der Waals surface area contributed by atoms with Crippen LogP contribution in [0.2, 0.25) is 0 Å². The second-order valence-corrected chi connectivity index (χ2v) is 5.27. The highest BCUT2D eigenvalue weighted by atomic mass is 19.4. The molecule has 0 aliphatic rings. The molecular formula is C14H21F3N2. The lowest BCUT2D eigenvalue weighted by Crippen LogP contribution is -2.41. The average molecular weight is 274 g/mol. The molecule has 0 bridgehead atoms. The molecule has 2 nitrogen and oxygen atoms in total. The van der Waals surface area contributed by atoms with Crippen LogP contribution in [-0.4, -0.2) is 12.6 Å². The van der Waals surface area contributed by atoms with Gasteiger partial charge in [0, 0.05) is 24.8 Å². The van der Waals surface area contributed by atoms with Crippen LogP contribution in [0.25, 0.3) is 0 Å². The lowest BCUT2D eigenvalue weighted by Gasteiger charge is -2.38. The largest absolute Gasteiger partial charge is 0.416 e. The topological polar surface area (TPSA) is 29.3 Å². The van der Waals surface area contributed by atoms with Gasteiger partial charge in [-0.3, -0.25) is 0 Å².